The maximum Gasteiger partial charge on any atom is 0.173 e. The van der Waals surface area contributed by atoms with Crippen molar-refractivity contribution in [3.05, 3.63) is 0 Å². The van der Waals surface area contributed by atoms with Crippen LogP contribution in [0.5, 0.6) is 0 Å². The molecule has 5 heteroatoms. The van der Waals surface area contributed by atoms with E-state index in [0.29, 0.717) is 0 Å². The summed E-state index contributed by atoms with van der Waals surface area (Å²) in [5.74, 6) is 0. The minimum absolute atomic E-state index is 0. The Balaban J connectivity index is -0.0000000400. The van der Waals surface area contributed by atoms with E-state index in [9.17, 15) is 0 Å². The molecule has 0 bridgehead atoms. The van der Waals surface area contributed by atoms with Crippen LogP contribution in [0.1, 0.15) is 0 Å². The summed E-state index contributed by atoms with van der Waals surface area (Å²) in [6.07, 6.45) is 2.50. The number of hydrogen-bond donors (Lipinski definition) is 2. The van der Waals surface area contributed by atoms with Crippen molar-refractivity contribution in [3.63, 3.8) is 0 Å². The molecule has 0 amide bonds. The fraction of sp³-hybridized carbons (Fsp3) is 0. The van der Waals surface area contributed by atoms with Crippen LogP contribution < -0.4 is 11.5 Å². The molecule has 0 aliphatic heterocycles. The molecule has 4 nitrogen and oxygen atoms in total. The number of rotatable bonds is 0. The van der Waals surface area contributed by atoms with Crippen LogP contribution in [0, 0.1) is 22.9 Å². The molecule has 0 atom stereocenters. The van der Waals surface area contributed by atoms with E-state index < -0.39 is 0 Å². The molecule has 0 unspecified atom stereocenters. The smallest absolute Gasteiger partial charge is 0.173 e. The molecule has 4 N–H and O–H groups in total. The van der Waals surface area contributed by atoms with E-state index in [0.717, 1.165) is 0 Å². The van der Waals surface area contributed by atoms with E-state index in [1.54, 1.807) is 0 Å². The molecule has 0 aliphatic rings. The van der Waals surface area contributed by atoms with Crippen LogP contribution in [-0.2, 0) is 16.8 Å². The van der Waals surface area contributed by atoms with Crippen LogP contribution in [-0.4, -0.2) is 0 Å². The van der Waals surface area contributed by atoms with E-state index in [1.807, 2.05) is 0 Å². The van der Waals surface area contributed by atoms with Gasteiger partial charge in [0.25, 0.3) is 0 Å². The molecule has 0 heterocycles. The zero-order valence-electron chi connectivity index (χ0n) is 3.38. The third-order valence-corrected chi connectivity index (χ3v) is 0. The molecule has 0 aromatic rings. The Morgan fingerprint density at radius 2 is 1.00 bits per heavy atom. The molecule has 7 heavy (non-hydrogen) atoms. The second-order valence-electron chi connectivity index (χ2n) is 0.258. The van der Waals surface area contributed by atoms with Crippen molar-refractivity contribution >= 4 is 0 Å². The standard InChI is InChI=1S/2CH2N2.Co/c2*2-1-3;/h2*2H2;. The van der Waals surface area contributed by atoms with Gasteiger partial charge in [-0.15, -0.1) is 0 Å². The van der Waals surface area contributed by atoms with Gasteiger partial charge in [0, 0.05) is 16.8 Å². The average molecular weight is 143 g/mol. The zero-order chi connectivity index (χ0) is 5.41. The molecule has 0 saturated heterocycles. The van der Waals surface area contributed by atoms with Crippen LogP contribution in [0.2, 0.25) is 0 Å². The predicted molar refractivity (Wildman–Crippen MR) is 19.6 cm³/mol. The Hall–Kier alpha value is -0.914. The van der Waals surface area contributed by atoms with E-state index in [1.165, 1.54) is 12.4 Å². The van der Waals surface area contributed by atoms with Gasteiger partial charge in [-0.3, -0.25) is 0 Å². The largest absolute Gasteiger partial charge is 0.337 e. The summed E-state index contributed by atoms with van der Waals surface area (Å²) in [6.45, 7) is 0. The monoisotopic (exact) mass is 143 g/mol. The predicted octanol–water partition coefficient (Wildman–Crippen LogP) is -1.15. The number of nitriles is 2. The van der Waals surface area contributed by atoms with Gasteiger partial charge in [0.15, 0.2) is 12.4 Å². The van der Waals surface area contributed by atoms with Crippen LogP contribution in [0.4, 0.5) is 0 Å². The maximum absolute atomic E-state index is 7.10. The summed E-state index contributed by atoms with van der Waals surface area (Å²) in [7, 11) is 0. The summed E-state index contributed by atoms with van der Waals surface area (Å²) in [5, 5.41) is 14.2. The van der Waals surface area contributed by atoms with Crippen molar-refractivity contribution in [2.24, 2.45) is 11.5 Å². The normalized spacial score (nSPS) is 2.00. The second kappa shape index (κ2) is 72.0. The van der Waals surface area contributed by atoms with Gasteiger partial charge in [0.1, 0.15) is 0 Å². The molecular weight excluding hydrogens is 139 g/mol. The van der Waals surface area contributed by atoms with Gasteiger partial charge in [-0.2, -0.15) is 10.5 Å². The summed E-state index contributed by atoms with van der Waals surface area (Å²) in [4.78, 5) is 0. The van der Waals surface area contributed by atoms with Crippen LogP contribution in [0.15, 0.2) is 0 Å². The van der Waals surface area contributed by atoms with Crippen LogP contribution in [0.3, 0.4) is 0 Å². The van der Waals surface area contributed by atoms with Crippen molar-refractivity contribution in [1.82, 2.24) is 0 Å². The first-order chi connectivity index (χ1) is 2.83. The third kappa shape index (κ3) is 58.1. The summed E-state index contributed by atoms with van der Waals surface area (Å²) < 4.78 is 0. The first-order valence-corrected chi connectivity index (χ1v) is 1.02. The van der Waals surface area contributed by atoms with Crippen molar-refractivity contribution < 1.29 is 16.8 Å². The third-order valence-electron chi connectivity index (χ3n) is 0. The molecule has 0 aliphatic carbocycles. The van der Waals surface area contributed by atoms with Gasteiger partial charge < -0.3 is 11.5 Å². The molecule has 0 rings (SSSR count). The number of nitrogens with two attached hydrogens (primary N) is 2. The van der Waals surface area contributed by atoms with E-state index >= 15 is 0 Å². The topological polar surface area (TPSA) is 99.6 Å². The molecule has 41 valence electrons. The van der Waals surface area contributed by atoms with Gasteiger partial charge in [-0.25, -0.2) is 0 Å². The van der Waals surface area contributed by atoms with Gasteiger partial charge in [-0.1, -0.05) is 0 Å². The second-order valence-corrected chi connectivity index (χ2v) is 0.258. The van der Waals surface area contributed by atoms with Crippen molar-refractivity contribution in [2.75, 3.05) is 0 Å². The first kappa shape index (κ1) is 16.5. The van der Waals surface area contributed by atoms with Gasteiger partial charge in [0.2, 0.25) is 0 Å². The Kier molecular flexibility index (Phi) is 170. The fourth-order valence-electron chi connectivity index (χ4n) is 0. The van der Waals surface area contributed by atoms with Crippen molar-refractivity contribution in [2.45, 2.75) is 0 Å². The molecule has 0 aromatic carbocycles. The van der Waals surface area contributed by atoms with Gasteiger partial charge in [-0.05, 0) is 0 Å². The van der Waals surface area contributed by atoms with E-state index in [2.05, 4.69) is 11.5 Å². The Labute approximate surface area is 51.9 Å². The Morgan fingerprint density at radius 1 is 1.00 bits per heavy atom. The minimum atomic E-state index is 0. The Bertz CT molecular complexity index is 64.7. The molecule has 1 radical (unpaired) electrons. The number of nitrogens with zero attached hydrogens (tertiary/aromatic N) is 2. The molecular formula is C2H4CoN4. The van der Waals surface area contributed by atoms with Crippen LogP contribution in [0.25, 0.3) is 0 Å². The van der Waals surface area contributed by atoms with Crippen molar-refractivity contribution in [1.29, 1.82) is 10.5 Å². The van der Waals surface area contributed by atoms with Gasteiger partial charge >= 0.3 is 0 Å². The Morgan fingerprint density at radius 3 is 1.00 bits per heavy atom. The first-order valence-electron chi connectivity index (χ1n) is 1.02. The van der Waals surface area contributed by atoms with Crippen LogP contribution >= 0.6 is 0 Å². The summed E-state index contributed by atoms with van der Waals surface area (Å²) >= 11 is 0. The number of hydrogen-bond acceptors (Lipinski definition) is 4. The average Bonchev–Trinajstić information content (AvgIpc) is 1.39. The molecule has 0 spiro atoms. The summed E-state index contributed by atoms with van der Waals surface area (Å²) in [5.41, 5.74) is 8.31. The SMILES string of the molecule is N#CN.N#CN.[Co]. The molecule has 0 fully saturated rings. The quantitative estimate of drug-likeness (QED) is 0.330. The van der Waals surface area contributed by atoms with E-state index in [-0.39, 0.29) is 16.8 Å². The molecule has 0 aromatic heterocycles. The zero-order valence-corrected chi connectivity index (χ0v) is 4.42. The summed E-state index contributed by atoms with van der Waals surface area (Å²) in [6, 6.07) is 0. The molecule has 0 saturated carbocycles. The van der Waals surface area contributed by atoms with Gasteiger partial charge in [0.05, 0.1) is 0 Å². The van der Waals surface area contributed by atoms with Crippen molar-refractivity contribution in [3.8, 4) is 12.4 Å². The minimum Gasteiger partial charge on any atom is -0.337 e. The fourth-order valence-corrected chi connectivity index (χ4v) is 0. The maximum atomic E-state index is 7.10. The van der Waals surface area contributed by atoms with E-state index in [4.69, 9.17) is 10.5 Å².